The number of hydrogen-bond acceptors (Lipinski definition) is 4. The summed E-state index contributed by atoms with van der Waals surface area (Å²) in [6.07, 6.45) is 3.59. The number of carboxylic acid groups (broad SMARTS) is 1. The first-order valence-corrected chi connectivity index (χ1v) is 10.7. The van der Waals surface area contributed by atoms with Crippen LogP contribution in [0.25, 0.3) is 5.69 Å². The molecule has 150 valence electrons. The van der Waals surface area contributed by atoms with Crippen LogP contribution in [-0.2, 0) is 10.0 Å². The molecule has 1 fully saturated rings. The number of nitrogens with one attached hydrogen (secondary N) is 1. The van der Waals surface area contributed by atoms with Crippen molar-refractivity contribution in [1.29, 1.82) is 0 Å². The lowest BCUT2D eigenvalue weighted by molar-refractivity contribution is 0.0697. The van der Waals surface area contributed by atoms with Crippen LogP contribution < -0.4 is 9.62 Å². The maximum Gasteiger partial charge on any atom is 0.337 e. The number of hydrogen-bond donors (Lipinski definition) is 2. The summed E-state index contributed by atoms with van der Waals surface area (Å²) in [7, 11) is -3.59. The smallest absolute Gasteiger partial charge is 0.337 e. The van der Waals surface area contributed by atoms with Gasteiger partial charge < -0.3 is 14.6 Å². The van der Waals surface area contributed by atoms with Gasteiger partial charge in [0.1, 0.15) is 0 Å². The molecular weight excluding hydrogens is 390 g/mol. The molecule has 0 saturated carbocycles. The number of para-hydroxylation sites is 1. The highest BCUT2D eigenvalue weighted by atomic mass is 32.2. The Labute approximate surface area is 169 Å². The highest BCUT2D eigenvalue weighted by Gasteiger charge is 2.33. The van der Waals surface area contributed by atoms with Gasteiger partial charge in [0, 0.05) is 25.5 Å². The van der Waals surface area contributed by atoms with Gasteiger partial charge in [0.15, 0.2) is 0 Å². The monoisotopic (exact) mass is 411 g/mol. The van der Waals surface area contributed by atoms with Gasteiger partial charge in [-0.2, -0.15) is 0 Å². The van der Waals surface area contributed by atoms with Crippen molar-refractivity contribution in [3.8, 4) is 5.69 Å². The molecule has 2 N–H and O–H groups in total. The fourth-order valence-electron chi connectivity index (χ4n) is 3.47. The number of carboxylic acids is 1. The Morgan fingerprint density at radius 1 is 1.03 bits per heavy atom. The fraction of sp³-hybridized carbons (Fsp3) is 0.190. The van der Waals surface area contributed by atoms with Crippen LogP contribution in [0.1, 0.15) is 15.9 Å². The van der Waals surface area contributed by atoms with Gasteiger partial charge in [-0.15, -0.1) is 0 Å². The number of benzene rings is 2. The van der Waals surface area contributed by atoms with E-state index >= 15 is 0 Å². The summed E-state index contributed by atoms with van der Waals surface area (Å²) < 4.78 is 29.6. The highest BCUT2D eigenvalue weighted by molar-refractivity contribution is 7.89. The number of aryl methyl sites for hydroxylation is 1. The van der Waals surface area contributed by atoms with E-state index in [4.69, 9.17) is 0 Å². The van der Waals surface area contributed by atoms with Gasteiger partial charge >= 0.3 is 5.97 Å². The first-order chi connectivity index (χ1) is 13.8. The third kappa shape index (κ3) is 3.76. The molecule has 0 amide bonds. The van der Waals surface area contributed by atoms with Crippen molar-refractivity contribution in [2.75, 3.05) is 18.0 Å². The Morgan fingerprint density at radius 2 is 1.69 bits per heavy atom. The van der Waals surface area contributed by atoms with Gasteiger partial charge in [-0.1, -0.05) is 23.8 Å². The minimum absolute atomic E-state index is 0.197. The zero-order valence-corrected chi connectivity index (χ0v) is 16.6. The molecule has 1 aliphatic heterocycles. The average Bonchev–Trinajstić information content (AvgIpc) is 3.18. The van der Waals surface area contributed by atoms with Crippen LogP contribution in [0.3, 0.4) is 0 Å². The summed E-state index contributed by atoms with van der Waals surface area (Å²) in [5.74, 6) is -1.01. The molecule has 1 saturated heterocycles. The van der Waals surface area contributed by atoms with E-state index in [1.165, 1.54) is 0 Å². The maximum atomic E-state index is 12.6. The van der Waals surface area contributed by atoms with Crippen molar-refractivity contribution in [3.05, 3.63) is 78.1 Å². The predicted octanol–water partition coefficient (Wildman–Crippen LogP) is 2.65. The predicted molar refractivity (Wildman–Crippen MR) is 110 cm³/mol. The Morgan fingerprint density at radius 3 is 2.31 bits per heavy atom. The topological polar surface area (TPSA) is 91.6 Å². The van der Waals surface area contributed by atoms with Crippen molar-refractivity contribution in [2.24, 2.45) is 0 Å². The molecule has 1 aliphatic rings. The molecule has 0 aliphatic carbocycles. The normalized spacial score (nSPS) is 14.6. The molecule has 29 heavy (non-hydrogen) atoms. The lowest BCUT2D eigenvalue weighted by Gasteiger charge is -2.42. The highest BCUT2D eigenvalue weighted by Crippen LogP contribution is 2.32. The minimum atomic E-state index is -3.59. The summed E-state index contributed by atoms with van der Waals surface area (Å²) in [5.41, 5.74) is 2.52. The Hall–Kier alpha value is -3.10. The van der Waals surface area contributed by atoms with Crippen molar-refractivity contribution in [2.45, 2.75) is 17.9 Å². The van der Waals surface area contributed by atoms with Crippen molar-refractivity contribution in [1.82, 2.24) is 9.29 Å². The molecule has 1 aromatic heterocycles. The van der Waals surface area contributed by atoms with Crippen LogP contribution in [0.5, 0.6) is 0 Å². The van der Waals surface area contributed by atoms with Gasteiger partial charge in [0.2, 0.25) is 10.0 Å². The van der Waals surface area contributed by atoms with E-state index in [0.717, 1.165) is 11.3 Å². The quantitative estimate of drug-likeness (QED) is 0.651. The van der Waals surface area contributed by atoms with E-state index in [9.17, 15) is 18.3 Å². The zero-order chi connectivity index (χ0) is 20.6. The Bertz CT molecular complexity index is 1130. The van der Waals surface area contributed by atoms with E-state index < -0.39 is 16.0 Å². The maximum absolute atomic E-state index is 12.6. The zero-order valence-electron chi connectivity index (χ0n) is 15.8. The van der Waals surface area contributed by atoms with Crippen LogP contribution in [-0.4, -0.2) is 43.2 Å². The van der Waals surface area contributed by atoms with Crippen molar-refractivity contribution in [3.63, 3.8) is 0 Å². The second-order valence-electron chi connectivity index (χ2n) is 7.11. The summed E-state index contributed by atoms with van der Waals surface area (Å²) in [6, 6.07) is 15.3. The number of anilines is 1. The average molecular weight is 411 g/mol. The van der Waals surface area contributed by atoms with Crippen molar-refractivity contribution >= 4 is 21.7 Å². The number of rotatable bonds is 6. The molecule has 0 spiro atoms. The number of nitrogens with zero attached hydrogens (tertiary/aromatic N) is 2. The fourth-order valence-corrected chi connectivity index (χ4v) is 4.69. The Balaban J connectivity index is 1.54. The number of sulfonamides is 1. The number of aromatic nitrogens is 1. The summed E-state index contributed by atoms with van der Waals surface area (Å²) in [6.45, 7) is 2.83. The second kappa shape index (κ2) is 7.38. The minimum Gasteiger partial charge on any atom is -0.478 e. The molecule has 0 atom stereocenters. The molecule has 3 aromatic rings. The summed E-state index contributed by atoms with van der Waals surface area (Å²) in [5, 5.41) is 9.59. The molecule has 7 nitrogen and oxygen atoms in total. The van der Waals surface area contributed by atoms with Gasteiger partial charge in [0.05, 0.1) is 27.9 Å². The number of carbonyl (C=O) groups is 1. The third-order valence-electron chi connectivity index (χ3n) is 4.98. The second-order valence-corrected chi connectivity index (χ2v) is 8.82. The van der Waals surface area contributed by atoms with E-state index in [0.29, 0.717) is 18.8 Å². The first kappa shape index (κ1) is 19.2. The largest absolute Gasteiger partial charge is 0.478 e. The van der Waals surface area contributed by atoms with E-state index in [1.807, 2.05) is 30.0 Å². The van der Waals surface area contributed by atoms with Crippen LogP contribution in [0.15, 0.2) is 71.9 Å². The molecule has 0 unspecified atom stereocenters. The molecule has 0 bridgehead atoms. The van der Waals surface area contributed by atoms with Crippen LogP contribution in [0.4, 0.5) is 5.69 Å². The van der Waals surface area contributed by atoms with E-state index in [1.54, 1.807) is 53.4 Å². The molecule has 0 radical (unpaired) electrons. The lowest BCUT2D eigenvalue weighted by atomic mass is 10.0. The van der Waals surface area contributed by atoms with Gasteiger partial charge in [-0.3, -0.25) is 0 Å². The molecular formula is C21H21N3O4S. The molecule has 4 rings (SSSR count). The third-order valence-corrected chi connectivity index (χ3v) is 6.52. The first-order valence-electron chi connectivity index (χ1n) is 9.19. The number of aromatic carboxylic acids is 1. The van der Waals surface area contributed by atoms with Gasteiger partial charge in [0.25, 0.3) is 0 Å². The van der Waals surface area contributed by atoms with Crippen LogP contribution >= 0.6 is 0 Å². The van der Waals surface area contributed by atoms with Crippen LogP contribution in [0.2, 0.25) is 0 Å². The van der Waals surface area contributed by atoms with Crippen LogP contribution in [0, 0.1) is 6.92 Å². The molecule has 2 heterocycles. The standard InChI is InChI=1S/C21H21N3O4S/c1-15-7-9-17(10-8-15)29(27,28)22-16-13-24(14-16)19-6-4-5-18(21(25)26)20(19)23-11-2-3-12-23/h2-12,16,22H,13-14H2,1H3,(H,25,26). The van der Waals surface area contributed by atoms with E-state index in [-0.39, 0.29) is 16.5 Å². The summed E-state index contributed by atoms with van der Waals surface area (Å²) in [4.78, 5) is 13.9. The van der Waals surface area contributed by atoms with E-state index in [2.05, 4.69) is 4.72 Å². The lowest BCUT2D eigenvalue weighted by Crippen LogP contribution is -2.59. The Kier molecular flexibility index (Phi) is 4.89. The van der Waals surface area contributed by atoms with Gasteiger partial charge in [-0.25, -0.2) is 17.9 Å². The SMILES string of the molecule is Cc1ccc(S(=O)(=O)NC2CN(c3cccc(C(=O)O)c3-n3cccc3)C2)cc1. The summed E-state index contributed by atoms with van der Waals surface area (Å²) >= 11 is 0. The van der Waals surface area contributed by atoms with Gasteiger partial charge in [-0.05, 0) is 43.3 Å². The molecule has 2 aromatic carbocycles. The molecule has 8 heteroatoms. The van der Waals surface area contributed by atoms with Crippen molar-refractivity contribution < 1.29 is 18.3 Å².